The molecule has 0 N–H and O–H groups in total. The normalized spacial score (nSPS) is 11.2. The van der Waals surface area contributed by atoms with Crippen molar-refractivity contribution in [3.05, 3.63) is 43.1 Å². The van der Waals surface area contributed by atoms with Crippen molar-refractivity contribution in [2.45, 2.75) is 13.8 Å². The van der Waals surface area contributed by atoms with Crippen LogP contribution >= 0.6 is 45.9 Å². The highest BCUT2D eigenvalue weighted by Crippen LogP contribution is 2.42. The first kappa shape index (κ1) is 13.3. The Morgan fingerprint density at radius 3 is 1.53 bits per heavy atom. The second kappa shape index (κ2) is 4.98. The van der Waals surface area contributed by atoms with Crippen LogP contribution in [0.15, 0.2) is 29.1 Å². The molecule has 5 heteroatoms. The van der Waals surface area contributed by atoms with E-state index in [0.29, 0.717) is 0 Å². The Hall–Kier alpha value is -0.740. The van der Waals surface area contributed by atoms with Crippen LogP contribution in [0.5, 0.6) is 0 Å². The summed E-state index contributed by atoms with van der Waals surface area (Å²) in [5, 5.41) is 0. The highest BCUT2D eigenvalue weighted by atomic mass is 35.5. The first-order valence-electron chi connectivity index (χ1n) is 5.65. The van der Waals surface area contributed by atoms with E-state index >= 15 is 0 Å². The topological polar surface area (TPSA) is 13.1 Å². The van der Waals surface area contributed by atoms with E-state index in [4.69, 9.17) is 27.6 Å². The second-order valence-corrected chi connectivity index (χ2v) is 8.02. The second-order valence-electron chi connectivity index (χ2n) is 4.24. The molecule has 0 aliphatic heterocycles. The van der Waals surface area contributed by atoms with Crippen LogP contribution in [0.3, 0.4) is 0 Å². The molecule has 0 aliphatic rings. The summed E-state index contributed by atoms with van der Waals surface area (Å²) in [6, 6.07) is 3.97. The quantitative estimate of drug-likeness (QED) is 0.512. The Kier molecular flexibility index (Phi) is 3.48. The number of aryl methyl sites for hydroxylation is 2. The molecular formula is C14H10Cl2OS2. The number of furan rings is 1. The maximum absolute atomic E-state index is 6.09. The van der Waals surface area contributed by atoms with Crippen LogP contribution in [0.25, 0.3) is 22.3 Å². The zero-order chi connectivity index (χ0) is 13.6. The maximum atomic E-state index is 6.09. The van der Waals surface area contributed by atoms with E-state index in [2.05, 4.69) is 13.8 Å². The van der Waals surface area contributed by atoms with Crippen LogP contribution in [-0.4, -0.2) is 0 Å². The third kappa shape index (κ3) is 2.36. The lowest BCUT2D eigenvalue weighted by Gasteiger charge is -2.01. The van der Waals surface area contributed by atoms with Crippen molar-refractivity contribution in [2.24, 2.45) is 0 Å². The number of thiophene rings is 2. The Bertz CT molecular complexity index is 676. The van der Waals surface area contributed by atoms with E-state index in [1.54, 1.807) is 35.2 Å². The molecule has 0 unspecified atom stereocenters. The zero-order valence-corrected chi connectivity index (χ0v) is 13.4. The Labute approximate surface area is 129 Å². The van der Waals surface area contributed by atoms with Gasteiger partial charge >= 0.3 is 0 Å². The summed E-state index contributed by atoms with van der Waals surface area (Å²) in [7, 11) is 0. The van der Waals surface area contributed by atoms with Crippen LogP contribution in [0.4, 0.5) is 0 Å². The number of hydrogen-bond donors (Lipinski definition) is 0. The minimum Gasteiger partial charge on any atom is -0.471 e. The molecule has 3 aromatic rings. The standard InChI is InChI=1S/C14H10Cl2OS2/c1-7-9(3-13(15)18-7)11-5-17-6-12(11)10-4-14(16)19-8(10)2/h3-6H,1-2H3. The van der Waals surface area contributed by atoms with E-state index in [1.807, 2.05) is 12.1 Å². The molecule has 0 amide bonds. The predicted octanol–water partition coefficient (Wildman–Crippen LogP) is 6.66. The molecule has 0 fully saturated rings. The lowest BCUT2D eigenvalue weighted by atomic mass is 10.0. The average molecular weight is 329 g/mol. The van der Waals surface area contributed by atoms with Crippen LogP contribution in [0.1, 0.15) is 9.75 Å². The van der Waals surface area contributed by atoms with Crippen LogP contribution in [-0.2, 0) is 0 Å². The molecule has 0 spiro atoms. The molecule has 0 atom stereocenters. The number of halogens is 2. The molecule has 0 saturated carbocycles. The molecule has 19 heavy (non-hydrogen) atoms. The van der Waals surface area contributed by atoms with Gasteiger partial charge in [-0.25, -0.2) is 0 Å². The van der Waals surface area contributed by atoms with Gasteiger partial charge < -0.3 is 4.42 Å². The van der Waals surface area contributed by atoms with Crippen molar-refractivity contribution >= 4 is 45.9 Å². The van der Waals surface area contributed by atoms with E-state index in [1.165, 1.54) is 9.75 Å². The maximum Gasteiger partial charge on any atom is 0.0987 e. The Morgan fingerprint density at radius 2 is 1.21 bits per heavy atom. The van der Waals surface area contributed by atoms with Gasteiger partial charge in [0.25, 0.3) is 0 Å². The minimum absolute atomic E-state index is 0.791. The van der Waals surface area contributed by atoms with E-state index < -0.39 is 0 Å². The minimum atomic E-state index is 0.791. The number of hydrogen-bond acceptors (Lipinski definition) is 3. The summed E-state index contributed by atoms with van der Waals surface area (Å²) >= 11 is 15.3. The largest absolute Gasteiger partial charge is 0.471 e. The molecule has 1 nitrogen and oxygen atoms in total. The lowest BCUT2D eigenvalue weighted by molar-refractivity contribution is 0.569. The molecular weight excluding hydrogens is 319 g/mol. The summed E-state index contributed by atoms with van der Waals surface area (Å²) in [4.78, 5) is 2.37. The van der Waals surface area contributed by atoms with E-state index in [0.717, 1.165) is 30.9 Å². The lowest BCUT2D eigenvalue weighted by Crippen LogP contribution is -1.79. The molecule has 98 valence electrons. The monoisotopic (exact) mass is 328 g/mol. The average Bonchev–Trinajstić information content (AvgIpc) is 2.98. The van der Waals surface area contributed by atoms with Gasteiger partial charge in [0, 0.05) is 32.0 Å². The van der Waals surface area contributed by atoms with E-state index in [-0.39, 0.29) is 0 Å². The SMILES string of the molecule is Cc1sc(Cl)cc1-c1cocc1-c1cc(Cl)sc1C. The summed E-state index contributed by atoms with van der Waals surface area (Å²) in [6.45, 7) is 4.13. The molecule has 0 bridgehead atoms. The van der Waals surface area contributed by atoms with Gasteiger partial charge in [0.2, 0.25) is 0 Å². The van der Waals surface area contributed by atoms with Crippen LogP contribution < -0.4 is 0 Å². The van der Waals surface area contributed by atoms with Gasteiger partial charge in [0.1, 0.15) is 0 Å². The molecule has 3 heterocycles. The molecule has 0 aliphatic carbocycles. The first-order chi connectivity index (χ1) is 9.06. The van der Waals surface area contributed by atoms with Gasteiger partial charge in [-0.05, 0) is 26.0 Å². The van der Waals surface area contributed by atoms with Crippen molar-refractivity contribution in [1.82, 2.24) is 0 Å². The highest BCUT2D eigenvalue weighted by molar-refractivity contribution is 7.17. The third-order valence-corrected chi connectivity index (χ3v) is 5.38. The molecule has 0 aromatic carbocycles. The Balaban J connectivity index is 2.18. The highest BCUT2D eigenvalue weighted by Gasteiger charge is 2.17. The van der Waals surface area contributed by atoms with Gasteiger partial charge in [-0.1, -0.05) is 23.2 Å². The molecule has 3 aromatic heterocycles. The van der Waals surface area contributed by atoms with Gasteiger partial charge in [0.05, 0.1) is 21.2 Å². The zero-order valence-electron chi connectivity index (χ0n) is 10.3. The van der Waals surface area contributed by atoms with E-state index in [9.17, 15) is 0 Å². The van der Waals surface area contributed by atoms with Crippen LogP contribution in [0.2, 0.25) is 8.67 Å². The van der Waals surface area contributed by atoms with Crippen molar-refractivity contribution < 1.29 is 4.42 Å². The third-order valence-electron chi connectivity index (χ3n) is 3.02. The summed E-state index contributed by atoms with van der Waals surface area (Å²) in [5.41, 5.74) is 4.39. The summed E-state index contributed by atoms with van der Waals surface area (Å²) in [5.74, 6) is 0. The molecule has 0 saturated heterocycles. The fourth-order valence-electron chi connectivity index (χ4n) is 2.14. The fourth-order valence-corrected chi connectivity index (χ4v) is 4.55. The summed E-state index contributed by atoms with van der Waals surface area (Å²) in [6.07, 6.45) is 3.54. The molecule has 0 radical (unpaired) electrons. The van der Waals surface area contributed by atoms with Gasteiger partial charge in [-0.3, -0.25) is 0 Å². The predicted molar refractivity (Wildman–Crippen MR) is 84.8 cm³/mol. The van der Waals surface area contributed by atoms with Gasteiger partial charge in [-0.2, -0.15) is 0 Å². The summed E-state index contributed by atoms with van der Waals surface area (Å²) < 4.78 is 6.99. The van der Waals surface area contributed by atoms with Gasteiger partial charge in [0.15, 0.2) is 0 Å². The van der Waals surface area contributed by atoms with Crippen molar-refractivity contribution in [2.75, 3.05) is 0 Å². The van der Waals surface area contributed by atoms with Crippen molar-refractivity contribution in [3.8, 4) is 22.3 Å². The Morgan fingerprint density at radius 1 is 0.789 bits per heavy atom. The smallest absolute Gasteiger partial charge is 0.0987 e. The van der Waals surface area contributed by atoms with Crippen molar-refractivity contribution in [1.29, 1.82) is 0 Å². The molecule has 3 rings (SSSR count). The van der Waals surface area contributed by atoms with Gasteiger partial charge in [-0.15, -0.1) is 22.7 Å². The first-order valence-corrected chi connectivity index (χ1v) is 8.04. The number of rotatable bonds is 2. The van der Waals surface area contributed by atoms with Crippen molar-refractivity contribution in [3.63, 3.8) is 0 Å². The fraction of sp³-hybridized carbons (Fsp3) is 0.143. The van der Waals surface area contributed by atoms with Crippen LogP contribution in [0, 0.1) is 13.8 Å².